The summed E-state index contributed by atoms with van der Waals surface area (Å²) in [6.45, 7) is 7.53. The fourth-order valence-corrected chi connectivity index (χ4v) is 2.29. The fraction of sp³-hybridized carbons (Fsp3) is 0.615. The quantitative estimate of drug-likeness (QED) is 0.868. The average molecular weight is 249 g/mol. The molecule has 1 N–H and O–H groups in total. The molecule has 0 unspecified atom stereocenters. The zero-order valence-corrected chi connectivity index (χ0v) is 11.1. The smallest absolute Gasteiger partial charge is 0.339 e. The third-order valence-electron chi connectivity index (χ3n) is 3.73. The molecule has 1 fully saturated rings. The van der Waals surface area contributed by atoms with E-state index in [2.05, 4.69) is 17.1 Å². The second-order valence-corrected chi connectivity index (χ2v) is 5.08. The lowest BCUT2D eigenvalue weighted by molar-refractivity contribution is 0.0696. The lowest BCUT2D eigenvalue weighted by Gasteiger charge is -2.31. The molecule has 0 atom stereocenters. The number of carbonyl (C=O) groups is 1. The van der Waals surface area contributed by atoms with E-state index < -0.39 is 5.97 Å². The van der Waals surface area contributed by atoms with Crippen LogP contribution in [0.25, 0.3) is 0 Å². The summed E-state index contributed by atoms with van der Waals surface area (Å²) in [6, 6.07) is 0. The van der Waals surface area contributed by atoms with Gasteiger partial charge in [-0.1, -0.05) is 6.92 Å². The van der Waals surface area contributed by atoms with Gasteiger partial charge in [0.1, 0.15) is 5.56 Å². The van der Waals surface area contributed by atoms with E-state index in [-0.39, 0.29) is 0 Å². The Balaban J connectivity index is 2.38. The molecule has 5 heteroatoms. The first kappa shape index (κ1) is 12.8. The summed E-state index contributed by atoms with van der Waals surface area (Å²) in [5, 5.41) is 17.5. The molecule has 2 heterocycles. The highest BCUT2D eigenvalue weighted by Crippen LogP contribution is 2.26. The third kappa shape index (κ3) is 2.30. The zero-order valence-electron chi connectivity index (χ0n) is 11.1. The van der Waals surface area contributed by atoms with Gasteiger partial charge in [0.15, 0.2) is 5.82 Å². The normalized spacial score (nSPS) is 16.9. The number of anilines is 1. The highest BCUT2D eigenvalue weighted by atomic mass is 16.4. The number of rotatable bonds is 2. The van der Waals surface area contributed by atoms with Crippen LogP contribution in [0.1, 0.15) is 41.4 Å². The Kier molecular flexibility index (Phi) is 3.50. The standard InChI is InChI=1S/C13H19N3O2/c1-8-4-6-16(7-5-8)12-11(13(17)18)9(2)10(3)14-15-12/h8H,4-7H2,1-3H3,(H,17,18). The molecule has 98 valence electrons. The van der Waals surface area contributed by atoms with E-state index in [0.29, 0.717) is 28.6 Å². The van der Waals surface area contributed by atoms with Crippen LogP contribution in [0.15, 0.2) is 0 Å². The molecule has 1 aromatic rings. The van der Waals surface area contributed by atoms with Crippen LogP contribution in [0.5, 0.6) is 0 Å². The van der Waals surface area contributed by atoms with Crippen molar-refractivity contribution < 1.29 is 9.90 Å². The van der Waals surface area contributed by atoms with Gasteiger partial charge in [0.2, 0.25) is 0 Å². The van der Waals surface area contributed by atoms with Crippen LogP contribution in [0.4, 0.5) is 5.82 Å². The van der Waals surface area contributed by atoms with Crippen molar-refractivity contribution in [2.45, 2.75) is 33.6 Å². The average Bonchev–Trinajstić information content (AvgIpc) is 2.33. The first-order valence-corrected chi connectivity index (χ1v) is 6.32. The summed E-state index contributed by atoms with van der Waals surface area (Å²) in [4.78, 5) is 13.5. The van der Waals surface area contributed by atoms with Crippen molar-refractivity contribution in [3.05, 3.63) is 16.8 Å². The second kappa shape index (κ2) is 4.92. The molecule has 0 spiro atoms. The van der Waals surface area contributed by atoms with Gasteiger partial charge in [-0.25, -0.2) is 4.79 Å². The van der Waals surface area contributed by atoms with Crippen molar-refractivity contribution in [2.24, 2.45) is 5.92 Å². The number of hydrogen-bond donors (Lipinski definition) is 1. The number of aromatic carboxylic acids is 1. The van der Waals surface area contributed by atoms with Gasteiger partial charge in [0.25, 0.3) is 0 Å². The minimum absolute atomic E-state index is 0.303. The Labute approximate surface area is 107 Å². The number of aromatic nitrogens is 2. The van der Waals surface area contributed by atoms with E-state index >= 15 is 0 Å². The summed E-state index contributed by atoms with van der Waals surface area (Å²) >= 11 is 0. The zero-order chi connectivity index (χ0) is 13.3. The molecule has 0 saturated carbocycles. The molecule has 0 aliphatic carbocycles. The lowest BCUT2D eigenvalue weighted by atomic mass is 9.98. The van der Waals surface area contributed by atoms with Crippen LogP contribution >= 0.6 is 0 Å². The Morgan fingerprint density at radius 3 is 2.44 bits per heavy atom. The molecule has 1 aromatic heterocycles. The van der Waals surface area contributed by atoms with Gasteiger partial charge in [-0.2, -0.15) is 5.10 Å². The van der Waals surface area contributed by atoms with Gasteiger partial charge in [-0.3, -0.25) is 0 Å². The maximum absolute atomic E-state index is 11.4. The highest BCUT2D eigenvalue weighted by molar-refractivity contribution is 5.95. The summed E-state index contributed by atoms with van der Waals surface area (Å²) in [6.07, 6.45) is 2.15. The van der Waals surface area contributed by atoms with Crippen molar-refractivity contribution in [3.8, 4) is 0 Å². The lowest BCUT2D eigenvalue weighted by Crippen LogP contribution is -2.35. The maximum atomic E-state index is 11.4. The first-order chi connectivity index (χ1) is 8.50. The summed E-state index contributed by atoms with van der Waals surface area (Å²) in [5.41, 5.74) is 1.70. The second-order valence-electron chi connectivity index (χ2n) is 5.08. The Morgan fingerprint density at radius 2 is 1.89 bits per heavy atom. The van der Waals surface area contributed by atoms with E-state index in [1.54, 1.807) is 13.8 Å². The van der Waals surface area contributed by atoms with E-state index in [4.69, 9.17) is 0 Å². The number of hydrogen-bond acceptors (Lipinski definition) is 4. The molecule has 1 aliphatic heterocycles. The molecule has 0 bridgehead atoms. The SMILES string of the molecule is Cc1nnc(N2CCC(C)CC2)c(C(=O)O)c1C. The van der Waals surface area contributed by atoms with Gasteiger partial charge in [0.05, 0.1) is 5.69 Å². The van der Waals surface area contributed by atoms with Crippen molar-refractivity contribution in [1.29, 1.82) is 0 Å². The van der Waals surface area contributed by atoms with Crippen molar-refractivity contribution in [2.75, 3.05) is 18.0 Å². The van der Waals surface area contributed by atoms with Crippen LogP contribution in [-0.4, -0.2) is 34.4 Å². The van der Waals surface area contributed by atoms with Gasteiger partial charge in [0, 0.05) is 13.1 Å². The van der Waals surface area contributed by atoms with Crippen LogP contribution in [0, 0.1) is 19.8 Å². The number of aryl methyl sites for hydroxylation is 1. The molecule has 2 rings (SSSR count). The van der Waals surface area contributed by atoms with Crippen molar-refractivity contribution in [3.63, 3.8) is 0 Å². The maximum Gasteiger partial charge on any atom is 0.339 e. The van der Waals surface area contributed by atoms with Crippen molar-refractivity contribution in [1.82, 2.24) is 10.2 Å². The molecular formula is C13H19N3O2. The Hall–Kier alpha value is -1.65. The molecule has 5 nitrogen and oxygen atoms in total. The molecule has 0 radical (unpaired) electrons. The predicted molar refractivity (Wildman–Crippen MR) is 69.1 cm³/mol. The minimum Gasteiger partial charge on any atom is -0.478 e. The minimum atomic E-state index is -0.917. The van der Waals surface area contributed by atoms with Gasteiger partial charge < -0.3 is 10.0 Å². The summed E-state index contributed by atoms with van der Waals surface area (Å²) < 4.78 is 0. The van der Waals surface area contributed by atoms with E-state index in [9.17, 15) is 9.90 Å². The largest absolute Gasteiger partial charge is 0.478 e. The van der Waals surface area contributed by atoms with Gasteiger partial charge >= 0.3 is 5.97 Å². The van der Waals surface area contributed by atoms with Gasteiger partial charge in [-0.15, -0.1) is 5.10 Å². The molecule has 1 aliphatic rings. The fourth-order valence-electron chi connectivity index (χ4n) is 2.29. The van der Waals surface area contributed by atoms with Crippen LogP contribution < -0.4 is 4.90 Å². The van der Waals surface area contributed by atoms with Crippen molar-refractivity contribution >= 4 is 11.8 Å². The topological polar surface area (TPSA) is 66.3 Å². The Morgan fingerprint density at radius 1 is 1.28 bits per heavy atom. The van der Waals surface area contributed by atoms with Crippen LogP contribution in [-0.2, 0) is 0 Å². The predicted octanol–water partition coefficient (Wildman–Crippen LogP) is 2.03. The monoisotopic (exact) mass is 249 g/mol. The van der Waals surface area contributed by atoms with Gasteiger partial charge in [-0.05, 0) is 38.2 Å². The van der Waals surface area contributed by atoms with E-state index in [1.165, 1.54) is 0 Å². The molecule has 18 heavy (non-hydrogen) atoms. The van der Waals surface area contributed by atoms with E-state index in [1.807, 2.05) is 4.90 Å². The number of carboxylic acids is 1. The third-order valence-corrected chi connectivity index (χ3v) is 3.73. The molecular weight excluding hydrogens is 230 g/mol. The highest BCUT2D eigenvalue weighted by Gasteiger charge is 2.24. The summed E-state index contributed by atoms with van der Waals surface area (Å²) in [7, 11) is 0. The van der Waals surface area contributed by atoms with Crippen LogP contribution in [0.3, 0.4) is 0 Å². The van der Waals surface area contributed by atoms with E-state index in [0.717, 1.165) is 25.9 Å². The molecule has 0 aromatic carbocycles. The molecule has 1 saturated heterocycles. The Bertz CT molecular complexity index is 466. The number of piperidine rings is 1. The first-order valence-electron chi connectivity index (χ1n) is 6.32. The number of nitrogens with zero attached hydrogens (tertiary/aromatic N) is 3. The molecule has 0 amide bonds. The van der Waals surface area contributed by atoms with Crippen LogP contribution in [0.2, 0.25) is 0 Å². The summed E-state index contributed by atoms with van der Waals surface area (Å²) in [5.74, 6) is 0.311. The number of carboxylic acid groups (broad SMARTS) is 1.